The van der Waals surface area contributed by atoms with Crippen molar-refractivity contribution in [3.8, 4) is 0 Å². The Labute approximate surface area is 133 Å². The van der Waals surface area contributed by atoms with Gasteiger partial charge in [0.05, 0.1) is 19.8 Å². The summed E-state index contributed by atoms with van der Waals surface area (Å²) >= 11 is 0. The number of aliphatic hydroxyl groups is 1. The van der Waals surface area contributed by atoms with Crippen LogP contribution in [-0.4, -0.2) is 53.6 Å². The van der Waals surface area contributed by atoms with Gasteiger partial charge in [-0.2, -0.15) is 5.06 Å². The summed E-state index contributed by atoms with van der Waals surface area (Å²) < 4.78 is 10.2. The molecule has 2 saturated heterocycles. The molecular formula is C16H19NO6. The molecule has 7 nitrogen and oxygen atoms in total. The van der Waals surface area contributed by atoms with Crippen molar-refractivity contribution >= 4 is 11.9 Å². The molecule has 0 aliphatic carbocycles. The molecule has 4 atom stereocenters. The van der Waals surface area contributed by atoms with Crippen molar-refractivity contribution in [1.29, 1.82) is 0 Å². The summed E-state index contributed by atoms with van der Waals surface area (Å²) in [5.41, 5.74) is 0.940. The highest BCUT2D eigenvalue weighted by molar-refractivity contribution is 5.87. The Kier molecular flexibility index (Phi) is 4.61. The summed E-state index contributed by atoms with van der Waals surface area (Å²) in [6.45, 7) is 1.91. The van der Waals surface area contributed by atoms with E-state index in [1.165, 1.54) is 5.06 Å². The largest absolute Gasteiger partial charge is 0.465 e. The molecule has 124 valence electrons. The number of rotatable bonds is 5. The van der Waals surface area contributed by atoms with E-state index in [-0.39, 0.29) is 13.2 Å². The highest BCUT2D eigenvalue weighted by Crippen LogP contribution is 2.38. The van der Waals surface area contributed by atoms with E-state index in [2.05, 4.69) is 0 Å². The molecule has 0 unspecified atom stereocenters. The Balaban J connectivity index is 1.85. The highest BCUT2D eigenvalue weighted by Gasteiger charge is 2.60. The van der Waals surface area contributed by atoms with E-state index < -0.39 is 36.1 Å². The number of carbonyl (C=O) groups is 2. The quantitative estimate of drug-likeness (QED) is 0.779. The number of ether oxygens (including phenoxy) is 2. The van der Waals surface area contributed by atoms with Gasteiger partial charge in [0, 0.05) is 0 Å². The van der Waals surface area contributed by atoms with Crippen LogP contribution in [0.3, 0.4) is 0 Å². The normalized spacial score (nSPS) is 30.1. The summed E-state index contributed by atoms with van der Waals surface area (Å²) in [5, 5.41) is 10.8. The minimum absolute atomic E-state index is 0.213. The summed E-state index contributed by atoms with van der Waals surface area (Å²) in [5.74, 6) is -1.84. The maximum absolute atomic E-state index is 12.3. The van der Waals surface area contributed by atoms with Gasteiger partial charge in [-0.3, -0.25) is 14.4 Å². The zero-order valence-corrected chi connectivity index (χ0v) is 12.8. The number of aliphatic hydroxyl groups excluding tert-OH is 1. The van der Waals surface area contributed by atoms with Gasteiger partial charge in [0.1, 0.15) is 18.1 Å². The van der Waals surface area contributed by atoms with Crippen molar-refractivity contribution in [2.75, 3.05) is 13.2 Å². The van der Waals surface area contributed by atoms with Crippen LogP contribution in [0.1, 0.15) is 12.5 Å². The van der Waals surface area contributed by atoms with Crippen molar-refractivity contribution in [1.82, 2.24) is 5.06 Å². The second-order valence-corrected chi connectivity index (χ2v) is 5.51. The first-order valence-corrected chi connectivity index (χ1v) is 7.61. The van der Waals surface area contributed by atoms with Crippen LogP contribution in [0.5, 0.6) is 0 Å². The number of nitrogens with zero attached hydrogens (tertiary/aromatic N) is 1. The summed E-state index contributed by atoms with van der Waals surface area (Å²) in [7, 11) is 0. The monoisotopic (exact) mass is 321 g/mol. The highest BCUT2D eigenvalue weighted by atomic mass is 16.7. The van der Waals surface area contributed by atoms with Crippen LogP contribution in [0.2, 0.25) is 0 Å². The molecule has 2 aliphatic rings. The second kappa shape index (κ2) is 6.66. The second-order valence-electron chi connectivity index (χ2n) is 5.51. The van der Waals surface area contributed by atoms with Gasteiger partial charge < -0.3 is 14.6 Å². The fourth-order valence-electron chi connectivity index (χ4n) is 3.04. The Hall–Kier alpha value is -1.96. The smallest absolute Gasteiger partial charge is 0.326 e. The summed E-state index contributed by atoms with van der Waals surface area (Å²) in [4.78, 5) is 30.2. The predicted octanol–water partition coefficient (Wildman–Crippen LogP) is 0.268. The van der Waals surface area contributed by atoms with Crippen LogP contribution in [0.25, 0.3) is 0 Å². The molecule has 7 heteroatoms. The summed E-state index contributed by atoms with van der Waals surface area (Å²) in [6.07, 6.45) is -1.43. The average molecular weight is 321 g/mol. The maximum Gasteiger partial charge on any atom is 0.326 e. The number of hydrogen-bond donors (Lipinski definition) is 1. The van der Waals surface area contributed by atoms with Gasteiger partial charge in [0.2, 0.25) is 0 Å². The summed E-state index contributed by atoms with van der Waals surface area (Å²) in [6, 6.07) is 8.60. The Morgan fingerprint density at radius 2 is 2.09 bits per heavy atom. The zero-order valence-electron chi connectivity index (χ0n) is 12.8. The Morgan fingerprint density at radius 1 is 1.35 bits per heavy atom. The van der Waals surface area contributed by atoms with Gasteiger partial charge in [-0.25, -0.2) is 0 Å². The number of hydroxylamine groups is 2. The van der Waals surface area contributed by atoms with Crippen molar-refractivity contribution in [3.63, 3.8) is 0 Å². The molecule has 1 N–H and O–H groups in total. The third kappa shape index (κ3) is 2.95. The van der Waals surface area contributed by atoms with Crippen LogP contribution in [0, 0.1) is 5.92 Å². The molecule has 0 bridgehead atoms. The molecule has 0 saturated carbocycles. The average Bonchev–Trinajstić information content (AvgIpc) is 3.06. The molecular weight excluding hydrogens is 302 g/mol. The van der Waals surface area contributed by atoms with Gasteiger partial charge in [0.15, 0.2) is 6.10 Å². The first-order chi connectivity index (χ1) is 11.2. The number of carbonyl (C=O) groups excluding carboxylic acids is 2. The lowest BCUT2D eigenvalue weighted by atomic mass is 9.94. The molecule has 0 amide bonds. The van der Waals surface area contributed by atoms with Crippen LogP contribution < -0.4 is 0 Å². The minimum Gasteiger partial charge on any atom is -0.465 e. The molecule has 0 radical (unpaired) electrons. The number of fused-ring (bicyclic) bond motifs is 1. The van der Waals surface area contributed by atoms with E-state index in [9.17, 15) is 14.7 Å². The fourth-order valence-corrected chi connectivity index (χ4v) is 3.04. The SMILES string of the molecule is CCOC(=O)[C@H]1[C@@H]2C(=O)O[C@H](CO)[C@@H]2ON1Cc1ccccc1. The van der Waals surface area contributed by atoms with Gasteiger partial charge in [-0.15, -0.1) is 0 Å². The first-order valence-electron chi connectivity index (χ1n) is 7.61. The van der Waals surface area contributed by atoms with Crippen LogP contribution in [0.15, 0.2) is 30.3 Å². The van der Waals surface area contributed by atoms with Crippen molar-refractivity contribution in [2.24, 2.45) is 5.92 Å². The lowest BCUT2D eigenvalue weighted by Gasteiger charge is -2.24. The molecule has 2 fully saturated rings. The number of esters is 2. The lowest BCUT2D eigenvalue weighted by molar-refractivity contribution is -0.204. The van der Waals surface area contributed by atoms with Crippen LogP contribution in [0.4, 0.5) is 0 Å². The fraction of sp³-hybridized carbons (Fsp3) is 0.500. The molecule has 2 heterocycles. The van der Waals surface area contributed by atoms with E-state index in [0.29, 0.717) is 6.54 Å². The minimum atomic E-state index is -0.871. The number of cyclic esters (lactones) is 1. The van der Waals surface area contributed by atoms with E-state index in [4.69, 9.17) is 14.3 Å². The lowest BCUT2D eigenvalue weighted by Crippen LogP contribution is -2.42. The van der Waals surface area contributed by atoms with Gasteiger partial charge in [-0.1, -0.05) is 30.3 Å². The topological polar surface area (TPSA) is 85.3 Å². The van der Waals surface area contributed by atoms with Crippen molar-refractivity contribution < 1.29 is 29.0 Å². The van der Waals surface area contributed by atoms with Gasteiger partial charge in [0.25, 0.3) is 0 Å². The molecule has 3 rings (SSSR count). The molecule has 0 spiro atoms. The molecule has 0 aromatic heterocycles. The molecule has 23 heavy (non-hydrogen) atoms. The van der Waals surface area contributed by atoms with Crippen LogP contribution >= 0.6 is 0 Å². The van der Waals surface area contributed by atoms with Crippen molar-refractivity contribution in [2.45, 2.75) is 31.7 Å². The predicted molar refractivity (Wildman–Crippen MR) is 77.7 cm³/mol. The first kappa shape index (κ1) is 15.9. The van der Waals surface area contributed by atoms with Gasteiger partial charge in [-0.05, 0) is 12.5 Å². The number of benzene rings is 1. The van der Waals surface area contributed by atoms with E-state index in [1.54, 1.807) is 6.92 Å². The molecule has 2 aliphatic heterocycles. The molecule has 1 aromatic carbocycles. The molecule has 1 aromatic rings. The zero-order chi connectivity index (χ0) is 16.4. The van der Waals surface area contributed by atoms with Crippen molar-refractivity contribution in [3.05, 3.63) is 35.9 Å². The van der Waals surface area contributed by atoms with E-state index in [0.717, 1.165) is 5.56 Å². The van der Waals surface area contributed by atoms with Gasteiger partial charge >= 0.3 is 11.9 Å². The standard InChI is InChI=1S/C16H19NO6/c1-2-21-16(20)13-12-14(11(9-18)22-15(12)19)23-17(13)8-10-6-4-3-5-7-10/h3-7,11-14,18H,2,8-9H2,1H3/t11-,12+,13-,14+/m1/s1. The van der Waals surface area contributed by atoms with Crippen LogP contribution in [-0.2, 0) is 30.4 Å². The van der Waals surface area contributed by atoms with E-state index >= 15 is 0 Å². The maximum atomic E-state index is 12.3. The Bertz CT molecular complexity index is 577. The Morgan fingerprint density at radius 3 is 2.74 bits per heavy atom. The third-order valence-corrected chi connectivity index (χ3v) is 4.06. The van der Waals surface area contributed by atoms with E-state index in [1.807, 2.05) is 30.3 Å². The number of hydrogen-bond acceptors (Lipinski definition) is 7. The third-order valence-electron chi connectivity index (χ3n) is 4.06.